The molecule has 0 spiro atoms. The van der Waals surface area contributed by atoms with Crippen LogP contribution in [0.1, 0.15) is 43.1 Å². The Morgan fingerprint density at radius 3 is 2.07 bits per heavy atom. The maximum absolute atomic E-state index is 13.3. The van der Waals surface area contributed by atoms with E-state index in [1.165, 1.54) is 4.90 Å². The maximum atomic E-state index is 13.3. The van der Waals surface area contributed by atoms with Gasteiger partial charge in [0.05, 0.1) is 18.2 Å². The zero-order valence-corrected chi connectivity index (χ0v) is 24.2. The van der Waals surface area contributed by atoms with Crippen LogP contribution in [0.25, 0.3) is 6.08 Å². The molecular formula is C34H29N3O5S. The van der Waals surface area contributed by atoms with Gasteiger partial charge in [0.25, 0.3) is 23.6 Å². The quantitative estimate of drug-likeness (QED) is 0.0977. The van der Waals surface area contributed by atoms with E-state index < -0.39 is 11.8 Å². The smallest absolute Gasteiger partial charge is 0.272 e. The highest BCUT2D eigenvalue weighted by Gasteiger charge is 2.34. The monoisotopic (exact) mass is 591 g/mol. The topological polar surface area (TPSA) is 105 Å². The minimum Gasteiger partial charge on any atom is -0.497 e. The highest BCUT2D eigenvalue weighted by molar-refractivity contribution is 7.99. The summed E-state index contributed by atoms with van der Waals surface area (Å²) >= 11 is 1.59. The Balaban J connectivity index is 1.18. The minimum absolute atomic E-state index is 0.0885. The van der Waals surface area contributed by atoms with Crippen molar-refractivity contribution in [3.63, 3.8) is 0 Å². The molecule has 0 aliphatic carbocycles. The zero-order valence-electron chi connectivity index (χ0n) is 23.4. The molecule has 43 heavy (non-hydrogen) atoms. The second-order valence-corrected chi connectivity index (χ2v) is 10.8. The molecule has 2 N–H and O–H groups in total. The number of carbonyl (C=O) groups is 4. The molecule has 5 rings (SSSR count). The van der Waals surface area contributed by atoms with Crippen molar-refractivity contribution in [3.05, 3.63) is 131 Å². The number of nitrogens with zero attached hydrogens (tertiary/aromatic N) is 1. The first-order valence-electron chi connectivity index (χ1n) is 13.6. The lowest BCUT2D eigenvalue weighted by molar-refractivity contribution is -0.113. The highest BCUT2D eigenvalue weighted by Crippen LogP contribution is 2.25. The number of imide groups is 1. The number of ether oxygens (including phenoxy) is 1. The molecule has 0 fully saturated rings. The second kappa shape index (κ2) is 13.7. The summed E-state index contributed by atoms with van der Waals surface area (Å²) in [5.74, 6) is 0.0272. The minimum atomic E-state index is -0.471. The van der Waals surface area contributed by atoms with Crippen LogP contribution < -0.4 is 15.4 Å². The molecule has 9 heteroatoms. The molecule has 0 bridgehead atoms. The molecule has 4 amide bonds. The molecule has 1 aliphatic heterocycles. The van der Waals surface area contributed by atoms with E-state index in [0.29, 0.717) is 52.4 Å². The Labute approximate surface area is 253 Å². The Morgan fingerprint density at radius 1 is 0.814 bits per heavy atom. The Kier molecular flexibility index (Phi) is 9.33. The number of amides is 4. The number of hydrogen-bond donors (Lipinski definition) is 2. The molecule has 1 aliphatic rings. The van der Waals surface area contributed by atoms with Gasteiger partial charge in [0.2, 0.25) is 0 Å². The van der Waals surface area contributed by atoms with Crippen molar-refractivity contribution in [2.24, 2.45) is 0 Å². The van der Waals surface area contributed by atoms with Crippen LogP contribution in [0.2, 0.25) is 0 Å². The van der Waals surface area contributed by atoms with E-state index in [2.05, 4.69) is 10.6 Å². The number of benzene rings is 4. The van der Waals surface area contributed by atoms with Gasteiger partial charge in [-0.25, -0.2) is 0 Å². The molecule has 0 saturated carbocycles. The number of fused-ring (bicyclic) bond motifs is 1. The number of rotatable bonds is 11. The third-order valence-electron chi connectivity index (χ3n) is 6.74. The summed E-state index contributed by atoms with van der Waals surface area (Å²) in [7, 11) is 1.58. The van der Waals surface area contributed by atoms with Crippen LogP contribution in [-0.2, 0) is 4.79 Å². The first-order valence-corrected chi connectivity index (χ1v) is 14.6. The van der Waals surface area contributed by atoms with E-state index in [1.54, 1.807) is 110 Å². The fraction of sp³-hybridized carbons (Fsp3) is 0.118. The van der Waals surface area contributed by atoms with Gasteiger partial charge < -0.3 is 15.4 Å². The van der Waals surface area contributed by atoms with E-state index in [1.807, 2.05) is 18.2 Å². The van der Waals surface area contributed by atoms with Crippen molar-refractivity contribution < 1.29 is 23.9 Å². The van der Waals surface area contributed by atoms with Crippen molar-refractivity contribution >= 4 is 47.2 Å². The van der Waals surface area contributed by atoms with Crippen LogP contribution in [-0.4, -0.2) is 47.9 Å². The fourth-order valence-corrected chi connectivity index (χ4v) is 5.33. The summed E-state index contributed by atoms with van der Waals surface area (Å²) in [5, 5.41) is 5.59. The van der Waals surface area contributed by atoms with Gasteiger partial charge in [0.15, 0.2) is 0 Å². The van der Waals surface area contributed by atoms with Crippen LogP contribution in [0.4, 0.5) is 5.69 Å². The van der Waals surface area contributed by atoms with Crippen LogP contribution in [0.5, 0.6) is 5.75 Å². The van der Waals surface area contributed by atoms with E-state index in [0.717, 1.165) is 4.90 Å². The first-order chi connectivity index (χ1) is 20.9. The number of carbonyl (C=O) groups excluding carboxylic acids is 4. The van der Waals surface area contributed by atoms with E-state index >= 15 is 0 Å². The fourth-order valence-electron chi connectivity index (χ4n) is 4.50. The largest absolute Gasteiger partial charge is 0.497 e. The van der Waals surface area contributed by atoms with E-state index in [-0.39, 0.29) is 17.5 Å². The number of methoxy groups -OCH3 is 1. The number of anilines is 1. The van der Waals surface area contributed by atoms with Crippen LogP contribution >= 0.6 is 11.8 Å². The predicted molar refractivity (Wildman–Crippen MR) is 167 cm³/mol. The van der Waals surface area contributed by atoms with E-state index in [4.69, 9.17) is 4.74 Å². The van der Waals surface area contributed by atoms with Crippen molar-refractivity contribution in [1.29, 1.82) is 0 Å². The molecule has 0 aromatic heterocycles. The van der Waals surface area contributed by atoms with Gasteiger partial charge in [-0.2, -0.15) is 0 Å². The first kappa shape index (κ1) is 29.3. The highest BCUT2D eigenvalue weighted by atomic mass is 32.2. The summed E-state index contributed by atoms with van der Waals surface area (Å²) in [6.45, 7) is 0.353. The number of thioether (sulfide) groups is 1. The lowest BCUT2D eigenvalue weighted by atomic mass is 10.1. The van der Waals surface area contributed by atoms with E-state index in [9.17, 15) is 19.2 Å². The molecule has 4 aromatic rings. The van der Waals surface area contributed by atoms with Gasteiger partial charge in [-0.1, -0.05) is 42.5 Å². The summed E-state index contributed by atoms with van der Waals surface area (Å²) < 4.78 is 5.21. The average molecular weight is 592 g/mol. The summed E-state index contributed by atoms with van der Waals surface area (Å²) in [4.78, 5) is 53.5. The van der Waals surface area contributed by atoms with Gasteiger partial charge in [-0.05, 0) is 84.5 Å². The Hall–Kier alpha value is -5.15. The Bertz CT molecular complexity index is 1630. The van der Waals surface area contributed by atoms with Crippen molar-refractivity contribution in [2.75, 3.05) is 24.7 Å². The molecule has 0 saturated heterocycles. The molecule has 4 aromatic carbocycles. The average Bonchev–Trinajstić information content (AvgIpc) is 3.29. The van der Waals surface area contributed by atoms with Crippen molar-refractivity contribution in [3.8, 4) is 5.75 Å². The predicted octanol–water partition coefficient (Wildman–Crippen LogP) is 5.88. The van der Waals surface area contributed by atoms with Crippen LogP contribution in [0.3, 0.4) is 0 Å². The van der Waals surface area contributed by atoms with Crippen LogP contribution in [0.15, 0.2) is 114 Å². The van der Waals surface area contributed by atoms with Gasteiger partial charge in [-0.15, -0.1) is 11.8 Å². The van der Waals surface area contributed by atoms with Gasteiger partial charge in [-0.3, -0.25) is 24.1 Å². The number of hydrogen-bond acceptors (Lipinski definition) is 6. The van der Waals surface area contributed by atoms with Gasteiger partial charge in [0.1, 0.15) is 11.4 Å². The summed E-state index contributed by atoms with van der Waals surface area (Å²) in [5.41, 5.74) is 2.71. The molecule has 0 atom stereocenters. The zero-order chi connectivity index (χ0) is 30.2. The lowest BCUT2D eigenvalue weighted by Gasteiger charge is -2.13. The maximum Gasteiger partial charge on any atom is 0.272 e. The number of nitrogens with one attached hydrogen (secondary N) is 2. The van der Waals surface area contributed by atoms with Crippen molar-refractivity contribution in [1.82, 2.24) is 10.2 Å². The third-order valence-corrected chi connectivity index (χ3v) is 7.84. The molecular weight excluding hydrogens is 562 g/mol. The molecule has 0 radical (unpaired) electrons. The Morgan fingerprint density at radius 2 is 1.44 bits per heavy atom. The molecule has 1 heterocycles. The SMILES string of the molecule is COc1ccc(/C=C(\NC(=O)c2ccccc2)C(=O)Nc2ccc(SCCCN3C(=O)c4ccccc4C3=O)cc2)cc1. The standard InChI is InChI=1S/C34H29N3O5S/c1-42-26-16-12-23(13-17-26)22-30(36-31(38)24-8-3-2-4-9-24)32(39)35-25-14-18-27(19-15-25)43-21-7-20-37-33(40)28-10-5-6-11-29(28)34(37)41/h2-6,8-19,22H,7,20-21H2,1H3,(H,35,39)(H,36,38)/b30-22-. The van der Waals surface area contributed by atoms with Crippen LogP contribution in [0, 0.1) is 0 Å². The molecule has 216 valence electrons. The summed E-state index contributed by atoms with van der Waals surface area (Å²) in [6.07, 6.45) is 2.25. The molecule has 0 unspecified atom stereocenters. The second-order valence-electron chi connectivity index (χ2n) is 9.64. The van der Waals surface area contributed by atoms with Crippen molar-refractivity contribution in [2.45, 2.75) is 11.3 Å². The van der Waals surface area contributed by atoms with Gasteiger partial charge >= 0.3 is 0 Å². The lowest BCUT2D eigenvalue weighted by Crippen LogP contribution is -2.31. The third kappa shape index (κ3) is 7.20. The normalized spacial score (nSPS) is 12.6. The van der Waals surface area contributed by atoms with Gasteiger partial charge in [0, 0.05) is 22.7 Å². The summed E-state index contributed by atoms with van der Waals surface area (Å²) in [6, 6.07) is 30.0. The molecule has 8 nitrogen and oxygen atoms in total.